The second-order valence-electron chi connectivity index (χ2n) is 5.87. The monoisotopic (exact) mass is 238 g/mol. The third-order valence-corrected chi connectivity index (χ3v) is 4.18. The number of amides is 2. The van der Waals surface area contributed by atoms with Crippen LogP contribution in [-0.2, 0) is 9.59 Å². The summed E-state index contributed by atoms with van der Waals surface area (Å²) in [6, 6.07) is -0.628. The van der Waals surface area contributed by atoms with Gasteiger partial charge in [0, 0.05) is 5.54 Å². The molecule has 0 aromatic heterocycles. The van der Waals surface area contributed by atoms with Crippen LogP contribution in [0.3, 0.4) is 0 Å². The second-order valence-corrected chi connectivity index (χ2v) is 5.87. The average Bonchev–Trinajstić information content (AvgIpc) is 3.07. The van der Waals surface area contributed by atoms with Gasteiger partial charge in [0.15, 0.2) is 0 Å². The molecule has 2 amide bonds. The maximum atomic E-state index is 12.5. The van der Waals surface area contributed by atoms with Crippen molar-refractivity contribution in [3.8, 4) is 0 Å². The number of hydrogen-bond acceptors (Lipinski definition) is 2. The van der Waals surface area contributed by atoms with Gasteiger partial charge < -0.3 is 10.2 Å². The van der Waals surface area contributed by atoms with E-state index in [0.29, 0.717) is 5.92 Å². The van der Waals surface area contributed by atoms with E-state index in [1.807, 2.05) is 20.8 Å². The molecule has 1 heterocycles. The van der Waals surface area contributed by atoms with E-state index < -0.39 is 0 Å². The highest BCUT2D eigenvalue weighted by Gasteiger charge is 2.49. The Bertz CT molecular complexity index is 347. The molecular weight excluding hydrogens is 216 g/mol. The Morgan fingerprint density at radius 3 is 2.41 bits per heavy atom. The van der Waals surface area contributed by atoms with E-state index in [9.17, 15) is 9.59 Å². The van der Waals surface area contributed by atoms with E-state index in [2.05, 4.69) is 12.2 Å². The van der Waals surface area contributed by atoms with Crippen molar-refractivity contribution in [2.45, 2.75) is 64.6 Å². The lowest BCUT2D eigenvalue weighted by molar-refractivity contribution is -0.155. The molecule has 1 aliphatic carbocycles. The Hall–Kier alpha value is -1.06. The topological polar surface area (TPSA) is 49.4 Å². The lowest BCUT2D eigenvalue weighted by atomic mass is 9.92. The molecule has 4 nitrogen and oxygen atoms in total. The summed E-state index contributed by atoms with van der Waals surface area (Å²) < 4.78 is 0. The van der Waals surface area contributed by atoms with Crippen molar-refractivity contribution in [1.29, 1.82) is 0 Å². The highest BCUT2D eigenvalue weighted by Crippen LogP contribution is 2.37. The van der Waals surface area contributed by atoms with E-state index in [1.54, 1.807) is 4.90 Å². The number of carbonyl (C=O) groups is 2. The molecule has 0 bridgehead atoms. The van der Waals surface area contributed by atoms with Crippen molar-refractivity contribution in [1.82, 2.24) is 10.2 Å². The maximum Gasteiger partial charge on any atom is 0.246 e. The number of nitrogens with one attached hydrogen (secondary N) is 1. The molecule has 1 saturated heterocycles. The number of piperazine rings is 1. The molecule has 0 aromatic carbocycles. The van der Waals surface area contributed by atoms with Crippen molar-refractivity contribution in [3.05, 3.63) is 0 Å². The Morgan fingerprint density at radius 1 is 1.35 bits per heavy atom. The average molecular weight is 238 g/mol. The zero-order valence-electron chi connectivity index (χ0n) is 11.1. The van der Waals surface area contributed by atoms with Crippen LogP contribution in [0.15, 0.2) is 0 Å². The fraction of sp³-hybridized carbons (Fsp3) is 0.846. The Morgan fingerprint density at radius 2 is 1.94 bits per heavy atom. The predicted molar refractivity (Wildman–Crippen MR) is 65.3 cm³/mol. The molecule has 0 spiro atoms. The first-order valence-corrected chi connectivity index (χ1v) is 6.52. The quantitative estimate of drug-likeness (QED) is 0.805. The van der Waals surface area contributed by atoms with Crippen molar-refractivity contribution in [2.24, 2.45) is 5.92 Å². The number of carbonyl (C=O) groups excluding carboxylic acids is 2. The third-order valence-electron chi connectivity index (χ3n) is 4.18. The van der Waals surface area contributed by atoms with Crippen molar-refractivity contribution >= 4 is 11.8 Å². The van der Waals surface area contributed by atoms with E-state index in [0.717, 1.165) is 19.3 Å². The third kappa shape index (κ3) is 2.05. The summed E-state index contributed by atoms with van der Waals surface area (Å²) in [7, 11) is 0. The van der Waals surface area contributed by atoms with Crippen LogP contribution in [0, 0.1) is 5.92 Å². The molecule has 2 rings (SSSR count). The molecule has 1 saturated carbocycles. The summed E-state index contributed by atoms with van der Waals surface area (Å²) in [6.45, 7) is 7.93. The summed E-state index contributed by atoms with van der Waals surface area (Å²) in [4.78, 5) is 26.2. The Labute approximate surface area is 103 Å². The van der Waals surface area contributed by atoms with Crippen LogP contribution in [-0.4, -0.2) is 34.3 Å². The number of rotatable bonds is 3. The highest BCUT2D eigenvalue weighted by molar-refractivity contribution is 5.97. The summed E-state index contributed by atoms with van der Waals surface area (Å²) in [6.07, 6.45) is 2.98. The standard InChI is InChI=1S/C13H22N2O2/c1-5-13(3,4)15-8(2)11(16)14-10(12(15)17)9-6-7-9/h8-10H,5-7H2,1-4H3,(H,14,16). The number of hydrogen-bond donors (Lipinski definition) is 1. The van der Waals surface area contributed by atoms with Crippen molar-refractivity contribution < 1.29 is 9.59 Å². The zero-order valence-corrected chi connectivity index (χ0v) is 11.1. The molecule has 0 radical (unpaired) electrons. The molecule has 4 heteroatoms. The van der Waals surface area contributed by atoms with Crippen LogP contribution in [0.2, 0.25) is 0 Å². The minimum atomic E-state index is -0.354. The van der Waals surface area contributed by atoms with Gasteiger partial charge in [-0.15, -0.1) is 0 Å². The number of nitrogens with zero attached hydrogens (tertiary/aromatic N) is 1. The van der Waals surface area contributed by atoms with E-state index in [4.69, 9.17) is 0 Å². The van der Waals surface area contributed by atoms with Crippen LogP contribution in [0.5, 0.6) is 0 Å². The van der Waals surface area contributed by atoms with Gasteiger partial charge in [0.25, 0.3) is 0 Å². The van der Waals surface area contributed by atoms with Crippen LogP contribution < -0.4 is 5.32 Å². The predicted octanol–water partition coefficient (Wildman–Crippen LogP) is 1.30. The van der Waals surface area contributed by atoms with Gasteiger partial charge in [0.1, 0.15) is 12.1 Å². The fourth-order valence-electron chi connectivity index (χ4n) is 2.54. The minimum Gasteiger partial charge on any atom is -0.342 e. The van der Waals surface area contributed by atoms with E-state index >= 15 is 0 Å². The van der Waals surface area contributed by atoms with Crippen LogP contribution in [0.25, 0.3) is 0 Å². The molecule has 2 fully saturated rings. The molecule has 1 N–H and O–H groups in total. The first-order valence-electron chi connectivity index (χ1n) is 6.52. The van der Waals surface area contributed by atoms with Crippen LogP contribution in [0.1, 0.15) is 47.0 Å². The van der Waals surface area contributed by atoms with Crippen LogP contribution >= 0.6 is 0 Å². The van der Waals surface area contributed by atoms with Gasteiger partial charge in [0.05, 0.1) is 0 Å². The summed E-state index contributed by atoms with van der Waals surface area (Å²) in [5, 5.41) is 2.87. The van der Waals surface area contributed by atoms with Gasteiger partial charge >= 0.3 is 0 Å². The lowest BCUT2D eigenvalue weighted by Crippen LogP contribution is -2.67. The van der Waals surface area contributed by atoms with Crippen molar-refractivity contribution in [2.75, 3.05) is 0 Å². The summed E-state index contributed by atoms with van der Waals surface area (Å²) >= 11 is 0. The fourth-order valence-corrected chi connectivity index (χ4v) is 2.54. The Balaban J connectivity index is 2.26. The first kappa shape index (κ1) is 12.4. The van der Waals surface area contributed by atoms with E-state index in [1.165, 1.54) is 0 Å². The smallest absolute Gasteiger partial charge is 0.246 e. The molecule has 1 aliphatic heterocycles. The SMILES string of the molecule is CCC(C)(C)N1C(=O)C(C2CC2)NC(=O)C1C. The van der Waals surface area contributed by atoms with Gasteiger partial charge in [-0.3, -0.25) is 9.59 Å². The van der Waals surface area contributed by atoms with Gasteiger partial charge in [-0.05, 0) is 46.0 Å². The summed E-state index contributed by atoms with van der Waals surface area (Å²) in [5.74, 6) is 0.462. The first-order chi connectivity index (χ1) is 7.88. The molecule has 17 heavy (non-hydrogen) atoms. The van der Waals surface area contributed by atoms with Crippen molar-refractivity contribution in [3.63, 3.8) is 0 Å². The van der Waals surface area contributed by atoms with E-state index in [-0.39, 0.29) is 29.4 Å². The molecule has 0 aromatic rings. The maximum absolute atomic E-state index is 12.5. The van der Waals surface area contributed by atoms with Gasteiger partial charge in [0.2, 0.25) is 11.8 Å². The van der Waals surface area contributed by atoms with Gasteiger partial charge in [-0.2, -0.15) is 0 Å². The second kappa shape index (κ2) is 4.00. The van der Waals surface area contributed by atoms with Gasteiger partial charge in [-0.1, -0.05) is 6.92 Å². The minimum absolute atomic E-state index is 0.0111. The largest absolute Gasteiger partial charge is 0.342 e. The van der Waals surface area contributed by atoms with Crippen LogP contribution in [0.4, 0.5) is 0 Å². The normalized spacial score (nSPS) is 30.5. The summed E-state index contributed by atoms with van der Waals surface area (Å²) in [5.41, 5.74) is -0.249. The molecular formula is C13H22N2O2. The molecule has 2 aliphatic rings. The van der Waals surface area contributed by atoms with Gasteiger partial charge in [-0.25, -0.2) is 0 Å². The lowest BCUT2D eigenvalue weighted by Gasteiger charge is -2.46. The zero-order chi connectivity index (χ0) is 12.8. The molecule has 2 atom stereocenters. The Kier molecular flexibility index (Phi) is 2.92. The molecule has 96 valence electrons. The highest BCUT2D eigenvalue weighted by atomic mass is 16.2. The molecule has 2 unspecified atom stereocenters.